The zero-order valence-corrected chi connectivity index (χ0v) is 20.1. The van der Waals surface area contributed by atoms with Crippen LogP contribution in [0.1, 0.15) is 33.7 Å². The molecule has 0 saturated heterocycles. The molecule has 0 spiro atoms. The largest absolute Gasteiger partial charge is 0.355 e. The Labute approximate surface area is 194 Å². The van der Waals surface area contributed by atoms with Crippen molar-refractivity contribution in [3.05, 3.63) is 60.7 Å². The van der Waals surface area contributed by atoms with Gasteiger partial charge in [0.1, 0.15) is 0 Å². The molecule has 31 heavy (non-hydrogen) atoms. The molecule has 0 fully saturated rings. The minimum absolute atomic E-state index is 0.0229. The highest BCUT2D eigenvalue weighted by atomic mass is 35.5. The second-order valence-corrected chi connectivity index (χ2v) is 9.74. The molecule has 1 amide bonds. The van der Waals surface area contributed by atoms with Crippen molar-refractivity contribution in [1.82, 2.24) is 14.9 Å². The maximum Gasteiger partial charge on any atom is 0.226 e. The molecule has 3 aromatic rings. The number of alkyl halides is 1. The number of halogens is 1. The van der Waals surface area contributed by atoms with E-state index in [4.69, 9.17) is 16.6 Å². The first kappa shape index (κ1) is 23.4. The molecule has 1 N–H and O–H groups in total. The Kier molecular flexibility index (Phi) is 7.84. The average molecular weight is 456 g/mol. The van der Waals surface area contributed by atoms with Crippen LogP contribution in [0.3, 0.4) is 0 Å². The summed E-state index contributed by atoms with van der Waals surface area (Å²) in [4.78, 5) is 17.3. The third-order valence-electron chi connectivity index (χ3n) is 5.06. The minimum Gasteiger partial charge on any atom is -0.355 e. The summed E-state index contributed by atoms with van der Waals surface area (Å²) in [6.07, 6.45) is 0. The molecule has 0 unspecified atom stereocenters. The highest BCUT2D eigenvalue weighted by Crippen LogP contribution is 2.37. The maximum atomic E-state index is 12.3. The van der Waals surface area contributed by atoms with Crippen molar-refractivity contribution >= 4 is 29.3 Å². The number of hydrogen-bond donors (Lipinski definition) is 1. The van der Waals surface area contributed by atoms with Crippen LogP contribution < -0.4 is 5.32 Å². The van der Waals surface area contributed by atoms with Crippen molar-refractivity contribution < 1.29 is 4.79 Å². The number of rotatable bonds is 9. The summed E-state index contributed by atoms with van der Waals surface area (Å²) in [5, 5.41) is 3.95. The lowest BCUT2D eigenvalue weighted by Crippen LogP contribution is -2.39. The molecule has 0 aliphatic heterocycles. The van der Waals surface area contributed by atoms with Gasteiger partial charge in [0.15, 0.2) is 5.16 Å². The van der Waals surface area contributed by atoms with Gasteiger partial charge in [-0.1, -0.05) is 72.4 Å². The van der Waals surface area contributed by atoms with Crippen molar-refractivity contribution in [2.75, 3.05) is 18.2 Å². The van der Waals surface area contributed by atoms with Crippen LogP contribution in [0.4, 0.5) is 0 Å². The van der Waals surface area contributed by atoms with Gasteiger partial charge in [0.2, 0.25) is 5.91 Å². The van der Waals surface area contributed by atoms with Gasteiger partial charge in [0, 0.05) is 35.3 Å². The zero-order chi connectivity index (χ0) is 22.4. The molecule has 0 atom stereocenters. The summed E-state index contributed by atoms with van der Waals surface area (Å²) >= 11 is 7.57. The van der Waals surface area contributed by atoms with Crippen LogP contribution in [0.15, 0.2) is 65.8 Å². The number of aromatic nitrogens is 2. The topological polar surface area (TPSA) is 46.9 Å². The van der Waals surface area contributed by atoms with Gasteiger partial charge in [-0.05, 0) is 27.7 Å². The molecule has 3 rings (SSSR count). The predicted octanol–water partition coefficient (Wildman–Crippen LogP) is 6.27. The zero-order valence-electron chi connectivity index (χ0n) is 18.6. The number of nitrogens with one attached hydrogen (secondary N) is 1. The number of carbonyl (C=O) groups is 1. The summed E-state index contributed by atoms with van der Waals surface area (Å²) in [7, 11) is 0. The van der Waals surface area contributed by atoms with E-state index in [1.165, 1.54) is 0 Å². The monoisotopic (exact) mass is 455 g/mol. The molecule has 0 aliphatic rings. The molecular formula is C25H30ClN3OS. The third kappa shape index (κ3) is 5.52. The van der Waals surface area contributed by atoms with E-state index in [0.29, 0.717) is 12.4 Å². The van der Waals surface area contributed by atoms with Crippen LogP contribution >= 0.6 is 23.4 Å². The number of imidazole rings is 1. The Hall–Kier alpha value is -2.24. The fraction of sp³-hybridized carbons (Fsp3) is 0.360. The van der Waals surface area contributed by atoms with Crippen LogP contribution in [-0.4, -0.2) is 33.6 Å². The van der Waals surface area contributed by atoms with Crippen LogP contribution in [0.25, 0.3) is 22.5 Å². The molecular weight excluding hydrogens is 426 g/mol. The first-order chi connectivity index (χ1) is 14.8. The average Bonchev–Trinajstić information content (AvgIpc) is 3.17. The second-order valence-electron chi connectivity index (χ2n) is 8.41. The van der Waals surface area contributed by atoms with Crippen molar-refractivity contribution in [2.24, 2.45) is 5.41 Å². The third-order valence-corrected chi connectivity index (χ3v) is 6.68. The number of benzene rings is 2. The molecule has 6 heteroatoms. The first-order valence-corrected chi connectivity index (χ1v) is 12.1. The fourth-order valence-electron chi connectivity index (χ4n) is 3.27. The van der Waals surface area contributed by atoms with E-state index in [9.17, 15) is 4.79 Å². The number of amides is 1. The van der Waals surface area contributed by atoms with Gasteiger partial charge in [-0.2, -0.15) is 0 Å². The summed E-state index contributed by atoms with van der Waals surface area (Å²) in [5.41, 5.74) is 3.78. The molecule has 0 bridgehead atoms. The smallest absolute Gasteiger partial charge is 0.226 e. The van der Waals surface area contributed by atoms with Gasteiger partial charge in [0.25, 0.3) is 0 Å². The van der Waals surface area contributed by atoms with E-state index >= 15 is 0 Å². The van der Waals surface area contributed by atoms with Gasteiger partial charge in [-0.3, -0.25) is 4.79 Å². The lowest BCUT2D eigenvalue weighted by atomic mass is 9.95. The molecule has 0 aliphatic carbocycles. The highest BCUT2D eigenvalue weighted by molar-refractivity contribution is 7.99. The second kappa shape index (κ2) is 10.4. The molecule has 4 nitrogen and oxygen atoms in total. The molecule has 1 aromatic heterocycles. The normalized spacial score (nSPS) is 11.7. The number of carbonyl (C=O) groups excluding carboxylic acids is 1. The SMILES string of the molecule is CC(C)n1c(SCCNC(=O)C(C)(C)CCl)nc(-c2ccccc2)c1-c1ccccc1. The van der Waals surface area contributed by atoms with Crippen LogP contribution in [0, 0.1) is 5.41 Å². The lowest BCUT2D eigenvalue weighted by Gasteiger charge is -2.20. The Morgan fingerprint density at radius 2 is 1.65 bits per heavy atom. The Bertz CT molecular complexity index is 1000. The van der Waals surface area contributed by atoms with Crippen molar-refractivity contribution in [3.63, 3.8) is 0 Å². The van der Waals surface area contributed by atoms with E-state index in [1.54, 1.807) is 11.8 Å². The van der Waals surface area contributed by atoms with E-state index in [0.717, 1.165) is 33.4 Å². The van der Waals surface area contributed by atoms with Crippen LogP contribution in [0.2, 0.25) is 0 Å². The van der Waals surface area contributed by atoms with E-state index in [-0.39, 0.29) is 11.9 Å². The van der Waals surface area contributed by atoms with Crippen molar-refractivity contribution in [3.8, 4) is 22.5 Å². The summed E-state index contributed by atoms with van der Waals surface area (Å²) in [6.45, 7) is 8.63. The summed E-state index contributed by atoms with van der Waals surface area (Å²) < 4.78 is 2.30. The number of thioether (sulfide) groups is 1. The molecule has 164 valence electrons. The van der Waals surface area contributed by atoms with Crippen LogP contribution in [0.5, 0.6) is 0 Å². The highest BCUT2D eigenvalue weighted by Gasteiger charge is 2.26. The number of nitrogens with zero attached hydrogens (tertiary/aromatic N) is 2. The van der Waals surface area contributed by atoms with Gasteiger partial charge in [-0.15, -0.1) is 11.6 Å². The summed E-state index contributed by atoms with van der Waals surface area (Å²) in [5.74, 6) is 1.01. The first-order valence-electron chi connectivity index (χ1n) is 10.5. The van der Waals surface area contributed by atoms with Gasteiger partial charge in [-0.25, -0.2) is 4.98 Å². The predicted molar refractivity (Wildman–Crippen MR) is 132 cm³/mol. The quantitative estimate of drug-likeness (QED) is 0.235. The fourth-order valence-corrected chi connectivity index (χ4v) is 4.37. The molecule has 0 radical (unpaired) electrons. The van der Waals surface area contributed by atoms with Gasteiger partial charge >= 0.3 is 0 Å². The van der Waals surface area contributed by atoms with Gasteiger partial charge in [0.05, 0.1) is 16.8 Å². The van der Waals surface area contributed by atoms with Crippen LogP contribution in [-0.2, 0) is 4.79 Å². The van der Waals surface area contributed by atoms with E-state index in [2.05, 4.69) is 60.1 Å². The van der Waals surface area contributed by atoms with E-state index < -0.39 is 5.41 Å². The minimum atomic E-state index is -0.566. The lowest BCUT2D eigenvalue weighted by molar-refractivity contribution is -0.128. The molecule has 0 saturated carbocycles. The van der Waals surface area contributed by atoms with E-state index in [1.807, 2.05) is 38.1 Å². The Balaban J connectivity index is 1.90. The van der Waals surface area contributed by atoms with Gasteiger partial charge < -0.3 is 9.88 Å². The Morgan fingerprint density at radius 3 is 2.19 bits per heavy atom. The Morgan fingerprint density at radius 1 is 1.06 bits per heavy atom. The molecule has 1 heterocycles. The molecule has 2 aromatic carbocycles. The maximum absolute atomic E-state index is 12.3. The van der Waals surface area contributed by atoms with Crippen molar-refractivity contribution in [1.29, 1.82) is 0 Å². The standard InChI is InChI=1S/C25H30ClN3OS/c1-18(2)29-22(20-13-9-6-10-14-20)21(19-11-7-5-8-12-19)28-24(29)31-16-15-27-23(30)25(3,4)17-26/h5-14,18H,15-17H2,1-4H3,(H,27,30). The summed E-state index contributed by atoms with van der Waals surface area (Å²) in [6, 6.07) is 21.0. The number of hydrogen-bond acceptors (Lipinski definition) is 3. The van der Waals surface area contributed by atoms with Crippen molar-refractivity contribution in [2.45, 2.75) is 38.9 Å².